The van der Waals surface area contributed by atoms with Crippen LogP contribution in [0.4, 0.5) is 4.39 Å². The monoisotopic (exact) mass is 460 g/mol. The molecule has 1 saturated carbocycles. The minimum absolute atomic E-state index is 0.0672. The van der Waals surface area contributed by atoms with Crippen LogP contribution in [0.2, 0.25) is 10.0 Å². The fourth-order valence-electron chi connectivity index (χ4n) is 6.11. The van der Waals surface area contributed by atoms with E-state index in [9.17, 15) is 14.0 Å². The molecule has 2 bridgehead atoms. The Labute approximate surface area is 190 Å². The lowest BCUT2D eigenvalue weighted by atomic mass is 9.69. The molecule has 2 aromatic rings. The summed E-state index contributed by atoms with van der Waals surface area (Å²) in [4.78, 5) is 27.2. The zero-order valence-electron chi connectivity index (χ0n) is 17.6. The third-order valence-electron chi connectivity index (χ3n) is 7.60. The van der Waals surface area contributed by atoms with Crippen LogP contribution in [-0.4, -0.2) is 22.8 Å². The van der Waals surface area contributed by atoms with Crippen molar-refractivity contribution in [1.82, 2.24) is 0 Å². The van der Waals surface area contributed by atoms with Gasteiger partial charge in [0.2, 0.25) is 0 Å². The summed E-state index contributed by atoms with van der Waals surface area (Å²) in [5.41, 5.74) is 1.28. The summed E-state index contributed by atoms with van der Waals surface area (Å²) in [7, 11) is 0. The maximum atomic E-state index is 14.8. The minimum Gasteiger partial charge on any atom is -0.368 e. The van der Waals surface area contributed by atoms with Crippen LogP contribution in [0.1, 0.15) is 50.7 Å². The molecule has 162 valence electrons. The van der Waals surface area contributed by atoms with Gasteiger partial charge in [-0.25, -0.2) is 4.39 Å². The number of fused-ring (bicyclic) bond motifs is 5. The maximum absolute atomic E-state index is 14.8. The number of halogens is 3. The zero-order valence-corrected chi connectivity index (χ0v) is 19.1. The number of ether oxygens (including phenoxy) is 1. The number of ketones is 2. The summed E-state index contributed by atoms with van der Waals surface area (Å²) in [5, 5.41) is -0.00309. The molecular formula is C25H23Cl2FO3. The van der Waals surface area contributed by atoms with Crippen molar-refractivity contribution in [3.8, 4) is 11.1 Å². The fourth-order valence-corrected chi connectivity index (χ4v) is 6.42. The summed E-state index contributed by atoms with van der Waals surface area (Å²) in [6, 6.07) is 8.55. The van der Waals surface area contributed by atoms with Gasteiger partial charge in [0.15, 0.2) is 17.4 Å². The standard InChI is InChI=1S/C25H23Cl2FO3/c1-4-12-5-6-13(14-7-8-16(26)20(27)21(14)28)11-15(12)17-22(29)18-19(23(17)30)25(3)10-9-24(18,2)31-25/h5-8,11,17-19H,4,9-10H2,1-3H3/t17?,18-,19+,24-,25+. The quantitative estimate of drug-likeness (QED) is 0.406. The second-order valence-corrected chi connectivity index (χ2v) is 10.2. The van der Waals surface area contributed by atoms with Crippen molar-refractivity contribution >= 4 is 34.8 Å². The SMILES string of the molecule is CCc1ccc(-c2ccc(Cl)c(Cl)c2F)cc1C1C(=O)[C@@H]2[C@H](C1=O)[C@@]1(C)CC[C@]2(C)O1. The molecule has 2 heterocycles. The molecule has 31 heavy (non-hydrogen) atoms. The number of hydrogen-bond donors (Lipinski definition) is 0. The molecule has 2 aliphatic heterocycles. The Kier molecular flexibility index (Phi) is 4.68. The van der Waals surface area contributed by atoms with Crippen molar-refractivity contribution in [2.75, 3.05) is 0 Å². The Hall–Kier alpha value is -1.75. The highest BCUT2D eigenvalue weighted by Crippen LogP contribution is 2.62. The highest BCUT2D eigenvalue weighted by atomic mass is 35.5. The molecule has 0 amide bonds. The van der Waals surface area contributed by atoms with Gasteiger partial charge in [0.25, 0.3) is 0 Å². The molecular weight excluding hydrogens is 438 g/mol. The van der Waals surface area contributed by atoms with Crippen LogP contribution in [0.5, 0.6) is 0 Å². The third kappa shape index (κ3) is 2.81. The maximum Gasteiger partial charge on any atom is 0.154 e. The molecule has 6 heteroatoms. The first kappa shape index (κ1) is 21.1. The van der Waals surface area contributed by atoms with Crippen molar-refractivity contribution in [2.45, 2.75) is 57.2 Å². The van der Waals surface area contributed by atoms with Crippen molar-refractivity contribution in [3.63, 3.8) is 0 Å². The topological polar surface area (TPSA) is 43.4 Å². The van der Waals surface area contributed by atoms with E-state index in [1.807, 2.05) is 26.8 Å². The smallest absolute Gasteiger partial charge is 0.154 e. The van der Waals surface area contributed by atoms with Crippen LogP contribution in [0.15, 0.2) is 30.3 Å². The van der Waals surface area contributed by atoms with Gasteiger partial charge in [-0.3, -0.25) is 9.59 Å². The molecule has 1 aliphatic carbocycles. The number of benzene rings is 2. The number of Topliss-reactive ketones (excluding diaryl/α,β-unsaturated/α-hetero) is 2. The third-order valence-corrected chi connectivity index (χ3v) is 8.38. The van der Waals surface area contributed by atoms with Gasteiger partial charge in [0, 0.05) is 5.56 Å². The molecule has 3 nitrogen and oxygen atoms in total. The summed E-state index contributed by atoms with van der Waals surface area (Å²) in [6.45, 7) is 5.90. The molecule has 0 spiro atoms. The summed E-state index contributed by atoms with van der Waals surface area (Å²) < 4.78 is 21.0. The summed E-state index contributed by atoms with van der Waals surface area (Å²) in [5.74, 6) is -2.42. The first-order valence-corrected chi connectivity index (χ1v) is 11.4. The van der Waals surface area contributed by atoms with Crippen LogP contribution in [0.3, 0.4) is 0 Å². The van der Waals surface area contributed by atoms with E-state index in [1.54, 1.807) is 24.3 Å². The Morgan fingerprint density at radius 1 is 1.03 bits per heavy atom. The average molecular weight is 461 g/mol. The largest absolute Gasteiger partial charge is 0.368 e. The van der Waals surface area contributed by atoms with Crippen LogP contribution in [0.25, 0.3) is 11.1 Å². The molecule has 5 atom stereocenters. The Morgan fingerprint density at radius 3 is 2.23 bits per heavy atom. The van der Waals surface area contributed by atoms with Gasteiger partial charge in [-0.15, -0.1) is 0 Å². The Morgan fingerprint density at radius 2 is 1.65 bits per heavy atom. The van der Waals surface area contributed by atoms with E-state index < -0.39 is 34.8 Å². The summed E-state index contributed by atoms with van der Waals surface area (Å²) >= 11 is 11.9. The number of carbonyl (C=O) groups is 2. The van der Waals surface area contributed by atoms with E-state index in [1.165, 1.54) is 0 Å². The molecule has 3 fully saturated rings. The molecule has 5 rings (SSSR count). The predicted molar refractivity (Wildman–Crippen MR) is 118 cm³/mol. The van der Waals surface area contributed by atoms with E-state index in [0.717, 1.165) is 18.4 Å². The molecule has 0 aromatic heterocycles. The Balaban J connectivity index is 1.63. The molecule has 0 N–H and O–H groups in total. The zero-order chi connectivity index (χ0) is 22.3. The number of rotatable bonds is 3. The van der Waals surface area contributed by atoms with E-state index in [-0.39, 0.29) is 21.6 Å². The van der Waals surface area contributed by atoms with E-state index in [4.69, 9.17) is 27.9 Å². The number of carbonyl (C=O) groups excluding carboxylic acids is 2. The second kappa shape index (κ2) is 6.87. The first-order valence-electron chi connectivity index (χ1n) is 10.7. The van der Waals surface area contributed by atoms with E-state index in [0.29, 0.717) is 23.1 Å². The lowest BCUT2D eigenvalue weighted by molar-refractivity contribution is -0.132. The van der Waals surface area contributed by atoms with Crippen molar-refractivity contribution in [2.24, 2.45) is 11.8 Å². The van der Waals surface area contributed by atoms with Gasteiger partial charge in [0.05, 0.1) is 33.1 Å². The lowest BCUT2D eigenvalue weighted by Crippen LogP contribution is -2.40. The molecule has 1 unspecified atom stereocenters. The van der Waals surface area contributed by atoms with Gasteiger partial charge >= 0.3 is 0 Å². The van der Waals surface area contributed by atoms with Crippen LogP contribution in [-0.2, 0) is 20.7 Å². The van der Waals surface area contributed by atoms with Gasteiger partial charge in [-0.1, -0.05) is 42.3 Å². The Bertz CT molecular complexity index is 1110. The molecule has 3 aliphatic rings. The van der Waals surface area contributed by atoms with Gasteiger partial charge < -0.3 is 4.74 Å². The van der Waals surface area contributed by atoms with Crippen LogP contribution >= 0.6 is 23.2 Å². The summed E-state index contributed by atoms with van der Waals surface area (Å²) in [6.07, 6.45) is 2.23. The van der Waals surface area contributed by atoms with Crippen molar-refractivity contribution in [3.05, 3.63) is 57.3 Å². The van der Waals surface area contributed by atoms with Gasteiger partial charge in [0.1, 0.15) is 5.92 Å². The number of hydrogen-bond acceptors (Lipinski definition) is 3. The number of aryl methyl sites for hydroxylation is 1. The average Bonchev–Trinajstić information content (AvgIpc) is 3.29. The van der Waals surface area contributed by atoms with Crippen LogP contribution in [0, 0.1) is 17.7 Å². The van der Waals surface area contributed by atoms with Crippen molar-refractivity contribution in [1.29, 1.82) is 0 Å². The van der Waals surface area contributed by atoms with Crippen LogP contribution < -0.4 is 0 Å². The predicted octanol–water partition coefficient (Wildman–Crippen LogP) is 6.17. The molecule has 2 aromatic carbocycles. The highest BCUT2D eigenvalue weighted by molar-refractivity contribution is 6.42. The highest BCUT2D eigenvalue weighted by Gasteiger charge is 2.72. The van der Waals surface area contributed by atoms with E-state index in [2.05, 4.69) is 0 Å². The van der Waals surface area contributed by atoms with E-state index >= 15 is 0 Å². The second-order valence-electron chi connectivity index (χ2n) is 9.41. The normalized spacial score (nSPS) is 33.9. The lowest BCUT2D eigenvalue weighted by Gasteiger charge is -2.28. The van der Waals surface area contributed by atoms with Crippen molar-refractivity contribution < 1.29 is 18.7 Å². The van der Waals surface area contributed by atoms with Gasteiger partial charge in [-0.2, -0.15) is 0 Å². The fraction of sp³-hybridized carbons (Fsp3) is 0.440. The molecule has 0 radical (unpaired) electrons. The minimum atomic E-state index is -0.837. The van der Waals surface area contributed by atoms with Gasteiger partial charge in [-0.05, 0) is 68.0 Å². The molecule has 2 saturated heterocycles. The first-order chi connectivity index (χ1) is 14.6.